The van der Waals surface area contributed by atoms with Gasteiger partial charge in [-0.05, 0) is 33.1 Å². The van der Waals surface area contributed by atoms with E-state index in [0.717, 1.165) is 6.42 Å². The predicted molar refractivity (Wildman–Crippen MR) is 94.2 cm³/mol. The van der Waals surface area contributed by atoms with Crippen molar-refractivity contribution in [3.05, 3.63) is 0 Å². The molecule has 0 bridgehead atoms. The van der Waals surface area contributed by atoms with Crippen LogP contribution >= 0.6 is 0 Å². The Balaban J connectivity index is 1.80. The topological polar surface area (TPSA) is 91.4 Å². The quantitative estimate of drug-likeness (QED) is 0.697. The average Bonchev–Trinajstić information content (AvgIpc) is 2.98. The van der Waals surface area contributed by atoms with E-state index in [1.165, 1.54) is 12.1 Å². The molecule has 2 rings (SSSR count). The maximum absolute atomic E-state index is 12.5. The number of nitrogens with zero attached hydrogens (tertiary/aromatic N) is 3. The molecule has 2 aliphatic heterocycles. The SMILES string of the molecule is CC1CCOC1C(=O)NN(C)C(=O)N1CCN(C(=O)OC(C)(C)C)CC1. The summed E-state index contributed by atoms with van der Waals surface area (Å²) in [6.07, 6.45) is -0.0598. The van der Waals surface area contributed by atoms with Crippen molar-refractivity contribution < 1.29 is 23.9 Å². The second-order valence-corrected chi connectivity index (χ2v) is 7.83. The summed E-state index contributed by atoms with van der Waals surface area (Å²) in [6, 6.07) is -0.312. The molecule has 0 spiro atoms. The van der Waals surface area contributed by atoms with Crippen molar-refractivity contribution in [2.24, 2.45) is 5.92 Å². The first-order valence-electron chi connectivity index (χ1n) is 9.01. The Labute approximate surface area is 154 Å². The lowest BCUT2D eigenvalue weighted by Gasteiger charge is -2.37. The van der Waals surface area contributed by atoms with E-state index in [1.807, 2.05) is 27.7 Å². The highest BCUT2D eigenvalue weighted by Crippen LogP contribution is 2.20. The number of hydrazine groups is 1. The van der Waals surface area contributed by atoms with Crippen LogP contribution in [0.25, 0.3) is 0 Å². The highest BCUT2D eigenvalue weighted by molar-refractivity contribution is 5.84. The first-order chi connectivity index (χ1) is 12.1. The maximum Gasteiger partial charge on any atom is 0.410 e. The van der Waals surface area contributed by atoms with E-state index in [4.69, 9.17) is 9.47 Å². The molecule has 2 aliphatic rings. The van der Waals surface area contributed by atoms with Crippen molar-refractivity contribution in [1.82, 2.24) is 20.2 Å². The highest BCUT2D eigenvalue weighted by Gasteiger charge is 2.33. The highest BCUT2D eigenvalue weighted by atomic mass is 16.6. The van der Waals surface area contributed by atoms with Crippen LogP contribution in [0.1, 0.15) is 34.1 Å². The monoisotopic (exact) mass is 370 g/mol. The van der Waals surface area contributed by atoms with Gasteiger partial charge in [0, 0.05) is 39.8 Å². The van der Waals surface area contributed by atoms with Crippen LogP contribution in [0.4, 0.5) is 9.59 Å². The van der Waals surface area contributed by atoms with Crippen LogP contribution in [-0.4, -0.2) is 84.4 Å². The molecule has 148 valence electrons. The molecule has 2 fully saturated rings. The van der Waals surface area contributed by atoms with Gasteiger partial charge in [-0.15, -0.1) is 0 Å². The zero-order valence-electron chi connectivity index (χ0n) is 16.3. The summed E-state index contributed by atoms with van der Waals surface area (Å²) < 4.78 is 10.8. The van der Waals surface area contributed by atoms with E-state index >= 15 is 0 Å². The molecule has 0 aromatic heterocycles. The number of carbonyl (C=O) groups excluding carboxylic acids is 3. The van der Waals surface area contributed by atoms with Gasteiger partial charge < -0.3 is 19.3 Å². The fourth-order valence-corrected chi connectivity index (χ4v) is 2.93. The zero-order chi connectivity index (χ0) is 19.5. The standard InChI is InChI=1S/C17H30N4O5/c1-12-6-11-25-13(12)14(22)18-19(5)15(23)20-7-9-21(10-8-20)16(24)26-17(2,3)4/h12-13H,6-11H2,1-5H3,(H,18,22). The average molecular weight is 370 g/mol. The molecule has 4 amide bonds. The molecule has 0 aromatic carbocycles. The van der Waals surface area contributed by atoms with Crippen molar-refractivity contribution in [2.75, 3.05) is 39.8 Å². The summed E-state index contributed by atoms with van der Waals surface area (Å²) in [4.78, 5) is 40.0. The lowest BCUT2D eigenvalue weighted by atomic mass is 10.0. The van der Waals surface area contributed by atoms with E-state index in [-0.39, 0.29) is 23.9 Å². The molecular weight excluding hydrogens is 340 g/mol. The molecule has 0 saturated carbocycles. The van der Waals surface area contributed by atoms with Gasteiger partial charge in [-0.25, -0.2) is 14.6 Å². The number of hydrogen-bond donors (Lipinski definition) is 1. The van der Waals surface area contributed by atoms with Gasteiger partial charge in [-0.2, -0.15) is 0 Å². The molecular formula is C17H30N4O5. The molecule has 0 radical (unpaired) electrons. The lowest BCUT2D eigenvalue weighted by molar-refractivity contribution is -0.135. The van der Waals surface area contributed by atoms with Crippen molar-refractivity contribution in [3.63, 3.8) is 0 Å². The fourth-order valence-electron chi connectivity index (χ4n) is 2.93. The van der Waals surface area contributed by atoms with Gasteiger partial charge in [-0.1, -0.05) is 6.92 Å². The van der Waals surface area contributed by atoms with E-state index in [1.54, 1.807) is 9.80 Å². The van der Waals surface area contributed by atoms with Crippen LogP contribution in [0.5, 0.6) is 0 Å². The fraction of sp³-hybridized carbons (Fsp3) is 0.824. The van der Waals surface area contributed by atoms with Gasteiger partial charge in [0.25, 0.3) is 5.91 Å². The van der Waals surface area contributed by atoms with Gasteiger partial charge in [0.1, 0.15) is 11.7 Å². The number of carbonyl (C=O) groups is 3. The molecule has 9 heteroatoms. The van der Waals surface area contributed by atoms with Crippen LogP contribution < -0.4 is 5.43 Å². The largest absolute Gasteiger partial charge is 0.444 e. The van der Waals surface area contributed by atoms with Gasteiger partial charge in [-0.3, -0.25) is 10.2 Å². The number of amides is 4. The summed E-state index contributed by atoms with van der Waals surface area (Å²) >= 11 is 0. The molecule has 1 N–H and O–H groups in total. The summed E-state index contributed by atoms with van der Waals surface area (Å²) in [5.74, 6) is -0.172. The zero-order valence-corrected chi connectivity index (χ0v) is 16.3. The van der Waals surface area contributed by atoms with E-state index in [2.05, 4.69) is 5.43 Å². The summed E-state index contributed by atoms with van der Waals surface area (Å²) in [6.45, 7) is 9.52. The Morgan fingerprint density at radius 2 is 1.69 bits per heavy atom. The molecule has 0 aliphatic carbocycles. The summed E-state index contributed by atoms with van der Waals surface area (Å²) in [5, 5.41) is 1.18. The predicted octanol–water partition coefficient (Wildman–Crippen LogP) is 1.05. The molecule has 2 unspecified atom stereocenters. The molecule has 2 saturated heterocycles. The van der Waals surface area contributed by atoms with Crippen LogP contribution in [0, 0.1) is 5.92 Å². The third kappa shape index (κ3) is 5.23. The third-order valence-corrected chi connectivity index (χ3v) is 4.41. The normalized spacial score (nSPS) is 23.6. The van der Waals surface area contributed by atoms with Crippen molar-refractivity contribution in [1.29, 1.82) is 0 Å². The number of nitrogens with one attached hydrogen (secondary N) is 1. The minimum Gasteiger partial charge on any atom is -0.444 e. The van der Waals surface area contributed by atoms with Crippen LogP contribution in [0.2, 0.25) is 0 Å². The molecule has 9 nitrogen and oxygen atoms in total. The minimum atomic E-state index is -0.548. The Bertz CT molecular complexity index is 540. The first kappa shape index (κ1) is 20.3. The molecule has 2 heterocycles. The Morgan fingerprint density at radius 3 is 2.19 bits per heavy atom. The number of ether oxygens (including phenoxy) is 2. The van der Waals surface area contributed by atoms with Gasteiger partial charge in [0.2, 0.25) is 0 Å². The summed E-state index contributed by atoms with van der Waals surface area (Å²) in [5.41, 5.74) is 2.04. The molecule has 26 heavy (non-hydrogen) atoms. The second kappa shape index (κ2) is 8.11. The number of rotatable bonds is 1. The van der Waals surface area contributed by atoms with Crippen molar-refractivity contribution in [2.45, 2.75) is 45.8 Å². The molecule has 0 aromatic rings. The second-order valence-electron chi connectivity index (χ2n) is 7.83. The van der Waals surface area contributed by atoms with E-state index in [9.17, 15) is 14.4 Å². The minimum absolute atomic E-state index is 0.135. The summed E-state index contributed by atoms with van der Waals surface area (Å²) in [7, 11) is 1.51. The number of urea groups is 1. The number of piperazine rings is 1. The van der Waals surface area contributed by atoms with E-state index in [0.29, 0.717) is 32.8 Å². The van der Waals surface area contributed by atoms with Crippen LogP contribution in [0.3, 0.4) is 0 Å². The Morgan fingerprint density at radius 1 is 1.12 bits per heavy atom. The van der Waals surface area contributed by atoms with Gasteiger partial charge in [0.05, 0.1) is 0 Å². The lowest BCUT2D eigenvalue weighted by Crippen LogP contribution is -2.57. The van der Waals surface area contributed by atoms with Crippen LogP contribution in [-0.2, 0) is 14.3 Å². The third-order valence-electron chi connectivity index (χ3n) is 4.41. The first-order valence-corrected chi connectivity index (χ1v) is 9.01. The van der Waals surface area contributed by atoms with Crippen molar-refractivity contribution >= 4 is 18.0 Å². The number of hydrogen-bond acceptors (Lipinski definition) is 5. The van der Waals surface area contributed by atoms with Gasteiger partial charge in [0.15, 0.2) is 0 Å². The smallest absolute Gasteiger partial charge is 0.410 e. The Hall–Kier alpha value is -2.03. The molecule has 2 atom stereocenters. The maximum atomic E-state index is 12.5. The Kier molecular flexibility index (Phi) is 6.33. The van der Waals surface area contributed by atoms with Crippen molar-refractivity contribution in [3.8, 4) is 0 Å². The van der Waals surface area contributed by atoms with Crippen LogP contribution in [0.15, 0.2) is 0 Å². The van der Waals surface area contributed by atoms with E-state index < -0.39 is 11.7 Å². The van der Waals surface area contributed by atoms with Gasteiger partial charge >= 0.3 is 12.1 Å².